The Balaban J connectivity index is 3.23. The van der Waals surface area contributed by atoms with Gasteiger partial charge in [-0.2, -0.15) is 0 Å². The first-order valence-corrected chi connectivity index (χ1v) is 4.88. The molecule has 1 rings (SSSR count). The van der Waals surface area contributed by atoms with E-state index in [-0.39, 0.29) is 11.0 Å². The summed E-state index contributed by atoms with van der Waals surface area (Å²) >= 11 is 2.03. The second-order valence-electron chi connectivity index (χ2n) is 3.80. The zero-order chi connectivity index (χ0) is 9.35. The quantitative estimate of drug-likeness (QED) is 0.725. The first-order chi connectivity index (χ1) is 5.41. The van der Waals surface area contributed by atoms with Crippen molar-refractivity contribution in [3.8, 4) is 0 Å². The van der Waals surface area contributed by atoms with Gasteiger partial charge in [-0.05, 0) is 34.7 Å². The number of hydrogen-bond donors (Lipinski definition) is 1. The summed E-state index contributed by atoms with van der Waals surface area (Å²) < 4.78 is 0.737. The summed E-state index contributed by atoms with van der Waals surface area (Å²) in [5, 5.41) is 0. The van der Waals surface area contributed by atoms with Crippen molar-refractivity contribution < 1.29 is 0 Å². The van der Waals surface area contributed by atoms with Crippen molar-refractivity contribution in [1.29, 1.82) is 0 Å². The topological polar surface area (TPSA) is 32.9 Å². The molecule has 0 spiro atoms. The number of hydrogen-bond acceptors (Lipinski definition) is 1. The number of rotatable bonds is 0. The Morgan fingerprint density at radius 3 is 2.33 bits per heavy atom. The minimum absolute atomic E-state index is 0.00280. The van der Waals surface area contributed by atoms with E-state index in [1.807, 2.05) is 34.7 Å². The molecule has 0 amide bonds. The molecule has 1 heterocycles. The summed E-state index contributed by atoms with van der Waals surface area (Å²) in [6.45, 7) is 6.22. The minimum atomic E-state index is 0.00280. The van der Waals surface area contributed by atoms with Gasteiger partial charge in [0.15, 0.2) is 0 Å². The zero-order valence-electron chi connectivity index (χ0n) is 7.44. The first kappa shape index (κ1) is 9.77. The first-order valence-electron chi connectivity index (χ1n) is 3.80. The van der Waals surface area contributed by atoms with Crippen molar-refractivity contribution in [2.45, 2.75) is 26.2 Å². The summed E-state index contributed by atoms with van der Waals surface area (Å²) in [6.07, 6.45) is 0. The van der Waals surface area contributed by atoms with Crippen LogP contribution in [-0.2, 0) is 5.41 Å². The molecule has 3 heteroatoms. The molecule has 1 N–H and O–H groups in total. The summed E-state index contributed by atoms with van der Waals surface area (Å²) in [6, 6.07) is 3.81. The molecular formula is C9H12INO. The van der Waals surface area contributed by atoms with E-state index in [1.165, 1.54) is 0 Å². The molecule has 2 nitrogen and oxygen atoms in total. The van der Waals surface area contributed by atoms with Crippen LogP contribution < -0.4 is 5.56 Å². The number of H-pyrrole nitrogens is 1. The van der Waals surface area contributed by atoms with E-state index in [2.05, 4.69) is 25.8 Å². The van der Waals surface area contributed by atoms with Gasteiger partial charge >= 0.3 is 0 Å². The number of halogens is 1. The van der Waals surface area contributed by atoms with Crippen molar-refractivity contribution in [1.82, 2.24) is 4.98 Å². The molecule has 1 aromatic rings. The van der Waals surface area contributed by atoms with Gasteiger partial charge in [0.1, 0.15) is 0 Å². The standard InChI is InChI=1S/C9H12INO/c1-9(2,3)7-5-4-6(10)8(12)11-7/h4-5H,1-3H3,(H,11,12). The maximum absolute atomic E-state index is 11.2. The van der Waals surface area contributed by atoms with E-state index in [1.54, 1.807) is 0 Å². The lowest BCUT2D eigenvalue weighted by Gasteiger charge is -2.17. The van der Waals surface area contributed by atoms with Gasteiger partial charge in [0.25, 0.3) is 5.56 Å². The summed E-state index contributed by atoms with van der Waals surface area (Å²) in [5.41, 5.74) is 1.000. The van der Waals surface area contributed by atoms with Crippen LogP contribution in [0, 0.1) is 3.57 Å². The second-order valence-corrected chi connectivity index (χ2v) is 4.96. The van der Waals surface area contributed by atoms with E-state index in [0.717, 1.165) is 9.26 Å². The molecule has 0 aliphatic rings. The highest BCUT2D eigenvalue weighted by Gasteiger charge is 2.14. The van der Waals surface area contributed by atoms with Gasteiger partial charge in [-0.3, -0.25) is 4.79 Å². The third-order valence-electron chi connectivity index (χ3n) is 1.67. The Kier molecular flexibility index (Phi) is 2.61. The molecule has 1 aromatic heterocycles. The highest BCUT2D eigenvalue weighted by Crippen LogP contribution is 2.18. The molecular weight excluding hydrogens is 265 g/mol. The van der Waals surface area contributed by atoms with Crippen LogP contribution in [0.15, 0.2) is 16.9 Å². The second kappa shape index (κ2) is 3.20. The van der Waals surface area contributed by atoms with Gasteiger partial charge < -0.3 is 4.98 Å². The average Bonchev–Trinajstić information content (AvgIpc) is 1.92. The third-order valence-corrected chi connectivity index (χ3v) is 2.52. The largest absolute Gasteiger partial charge is 0.325 e. The lowest BCUT2D eigenvalue weighted by atomic mass is 9.92. The Morgan fingerprint density at radius 1 is 1.33 bits per heavy atom. The van der Waals surface area contributed by atoms with E-state index < -0.39 is 0 Å². The van der Waals surface area contributed by atoms with Gasteiger partial charge in [-0.15, -0.1) is 0 Å². The van der Waals surface area contributed by atoms with Gasteiger partial charge in [0, 0.05) is 11.1 Å². The fourth-order valence-corrected chi connectivity index (χ4v) is 1.21. The van der Waals surface area contributed by atoms with E-state index in [0.29, 0.717) is 0 Å². The zero-order valence-corrected chi connectivity index (χ0v) is 9.60. The fraction of sp³-hybridized carbons (Fsp3) is 0.444. The molecule has 0 aliphatic carbocycles. The van der Waals surface area contributed by atoms with Crippen LogP contribution in [0.5, 0.6) is 0 Å². The number of pyridine rings is 1. The molecule has 0 atom stereocenters. The SMILES string of the molecule is CC(C)(C)c1ccc(I)c(=O)[nH]1. The molecule has 0 fully saturated rings. The lowest BCUT2D eigenvalue weighted by Crippen LogP contribution is -2.20. The van der Waals surface area contributed by atoms with Crippen LogP contribution in [0.3, 0.4) is 0 Å². The normalized spacial score (nSPS) is 11.7. The fourth-order valence-electron chi connectivity index (χ4n) is 0.893. The van der Waals surface area contributed by atoms with Gasteiger partial charge in [0.2, 0.25) is 0 Å². The molecule has 0 aliphatic heterocycles. The van der Waals surface area contributed by atoms with Crippen molar-refractivity contribution in [3.63, 3.8) is 0 Å². The van der Waals surface area contributed by atoms with Crippen LogP contribution in [0.4, 0.5) is 0 Å². The highest BCUT2D eigenvalue weighted by molar-refractivity contribution is 14.1. The van der Waals surface area contributed by atoms with E-state index in [4.69, 9.17) is 0 Å². The van der Waals surface area contributed by atoms with Crippen LogP contribution in [-0.4, -0.2) is 4.98 Å². The van der Waals surface area contributed by atoms with Crippen LogP contribution in [0.25, 0.3) is 0 Å². The predicted octanol–water partition coefficient (Wildman–Crippen LogP) is 2.28. The van der Waals surface area contributed by atoms with Crippen LogP contribution >= 0.6 is 22.6 Å². The smallest absolute Gasteiger partial charge is 0.261 e. The van der Waals surface area contributed by atoms with Crippen molar-refractivity contribution in [2.75, 3.05) is 0 Å². The number of aromatic amines is 1. The minimum Gasteiger partial charge on any atom is -0.325 e. The predicted molar refractivity (Wildman–Crippen MR) is 58.5 cm³/mol. The molecule has 0 unspecified atom stereocenters. The maximum Gasteiger partial charge on any atom is 0.261 e. The highest BCUT2D eigenvalue weighted by atomic mass is 127. The summed E-state index contributed by atoms with van der Waals surface area (Å²) in [4.78, 5) is 14.1. The third kappa shape index (κ3) is 2.09. The Bertz CT molecular complexity index is 335. The van der Waals surface area contributed by atoms with Gasteiger partial charge in [0.05, 0.1) is 3.57 Å². The van der Waals surface area contributed by atoms with Gasteiger partial charge in [-0.25, -0.2) is 0 Å². The number of nitrogens with one attached hydrogen (secondary N) is 1. The molecule has 66 valence electrons. The molecule has 12 heavy (non-hydrogen) atoms. The van der Waals surface area contributed by atoms with Crippen molar-refractivity contribution in [2.24, 2.45) is 0 Å². The van der Waals surface area contributed by atoms with E-state index in [9.17, 15) is 4.79 Å². The maximum atomic E-state index is 11.2. The molecule has 0 saturated heterocycles. The summed E-state index contributed by atoms with van der Waals surface area (Å²) in [5.74, 6) is 0. The molecule has 0 aromatic carbocycles. The Morgan fingerprint density at radius 2 is 1.92 bits per heavy atom. The average molecular weight is 277 g/mol. The van der Waals surface area contributed by atoms with Crippen LogP contribution in [0.2, 0.25) is 0 Å². The molecule has 0 saturated carbocycles. The molecule has 0 bridgehead atoms. The van der Waals surface area contributed by atoms with Gasteiger partial charge in [-0.1, -0.05) is 20.8 Å². The number of aromatic nitrogens is 1. The lowest BCUT2D eigenvalue weighted by molar-refractivity contribution is 0.566. The Labute approximate surface area is 85.5 Å². The van der Waals surface area contributed by atoms with E-state index >= 15 is 0 Å². The van der Waals surface area contributed by atoms with Crippen molar-refractivity contribution in [3.05, 3.63) is 31.8 Å². The van der Waals surface area contributed by atoms with Crippen LogP contribution in [0.1, 0.15) is 26.5 Å². The summed E-state index contributed by atoms with van der Waals surface area (Å²) in [7, 11) is 0. The Hall–Kier alpha value is -0.320. The monoisotopic (exact) mass is 277 g/mol. The molecule has 0 radical (unpaired) electrons. The van der Waals surface area contributed by atoms with Crippen molar-refractivity contribution >= 4 is 22.6 Å².